The van der Waals surface area contributed by atoms with Crippen molar-refractivity contribution in [2.75, 3.05) is 32.8 Å². The lowest BCUT2D eigenvalue weighted by molar-refractivity contribution is 0.0141. The zero-order valence-electron chi connectivity index (χ0n) is 23.0. The zero-order chi connectivity index (χ0) is 27.6. The van der Waals surface area contributed by atoms with E-state index < -0.39 is 5.60 Å². The fraction of sp³-hybridized carbons (Fsp3) is 0.519. The van der Waals surface area contributed by atoms with Crippen LogP contribution in [0.15, 0.2) is 23.0 Å². The summed E-state index contributed by atoms with van der Waals surface area (Å²) in [6.07, 6.45) is 1.18. The van der Waals surface area contributed by atoms with Crippen molar-refractivity contribution < 1.29 is 19.1 Å². The fourth-order valence-electron chi connectivity index (χ4n) is 4.51. The van der Waals surface area contributed by atoms with Gasteiger partial charge in [0.05, 0.1) is 17.9 Å². The highest BCUT2D eigenvalue weighted by atomic mass is 16.6. The summed E-state index contributed by atoms with van der Waals surface area (Å²) in [5.41, 5.74) is 1.79. The molecule has 4 rings (SSSR count). The predicted octanol–water partition coefficient (Wildman–Crippen LogP) is 3.37. The third kappa shape index (κ3) is 5.66. The molecular formula is C27H36N6O5. The van der Waals surface area contributed by atoms with E-state index in [9.17, 15) is 14.4 Å². The Bertz CT molecular complexity index is 1400. The minimum Gasteiger partial charge on any atom is -0.493 e. The number of ether oxygens (including phenoxy) is 2. The molecule has 1 N–H and O–H groups in total. The van der Waals surface area contributed by atoms with Crippen molar-refractivity contribution in [2.45, 2.75) is 53.1 Å². The maximum Gasteiger partial charge on any atom is 0.410 e. The van der Waals surface area contributed by atoms with E-state index in [1.807, 2.05) is 34.6 Å². The van der Waals surface area contributed by atoms with Crippen molar-refractivity contribution in [3.8, 4) is 17.1 Å². The van der Waals surface area contributed by atoms with Crippen LogP contribution in [0.5, 0.6) is 5.75 Å². The topological polar surface area (TPSA) is 123 Å². The number of nitrogens with one attached hydrogen (secondary N) is 1. The highest BCUT2D eigenvalue weighted by molar-refractivity contribution is 5.96. The smallest absolute Gasteiger partial charge is 0.410 e. The quantitative estimate of drug-likeness (QED) is 0.525. The Morgan fingerprint density at radius 2 is 1.76 bits per heavy atom. The standard InChI is InChI=1S/C27H36N6O5/c1-7-9-19-21-22(31(6)30-19)24(34)29-23(28-21)18-16-17(10-11-20(18)37-8-2)25(35)32-12-14-33(15-13-32)26(36)38-27(3,4)5/h10-11,16H,7-9,12-15H2,1-6H3,(H,28,29,34). The Hall–Kier alpha value is -3.89. The molecule has 1 saturated heterocycles. The van der Waals surface area contributed by atoms with Crippen LogP contribution in [0.1, 0.15) is 57.1 Å². The Morgan fingerprint density at radius 3 is 2.39 bits per heavy atom. The van der Waals surface area contributed by atoms with Crippen molar-refractivity contribution >= 4 is 23.0 Å². The summed E-state index contributed by atoms with van der Waals surface area (Å²) in [6.45, 7) is 11.3. The number of hydrogen-bond donors (Lipinski definition) is 1. The van der Waals surface area contributed by atoms with E-state index in [0.29, 0.717) is 72.9 Å². The lowest BCUT2D eigenvalue weighted by Gasteiger charge is -2.35. The molecule has 2 aromatic heterocycles. The molecule has 38 heavy (non-hydrogen) atoms. The van der Waals surface area contributed by atoms with Gasteiger partial charge in [-0.15, -0.1) is 0 Å². The molecule has 0 atom stereocenters. The number of aryl methyl sites for hydroxylation is 2. The molecule has 1 aromatic carbocycles. The number of aromatic nitrogens is 4. The average molecular weight is 525 g/mol. The van der Waals surface area contributed by atoms with E-state index in [4.69, 9.17) is 14.5 Å². The van der Waals surface area contributed by atoms with Crippen molar-refractivity contribution in [1.82, 2.24) is 29.5 Å². The zero-order valence-corrected chi connectivity index (χ0v) is 23.0. The van der Waals surface area contributed by atoms with Crippen LogP contribution in [0.25, 0.3) is 22.4 Å². The maximum atomic E-state index is 13.4. The highest BCUT2D eigenvalue weighted by Crippen LogP contribution is 2.30. The Kier molecular flexibility index (Phi) is 7.75. The van der Waals surface area contributed by atoms with Crippen LogP contribution in [0.2, 0.25) is 0 Å². The molecule has 204 valence electrons. The normalized spacial score (nSPS) is 14.2. The lowest BCUT2D eigenvalue weighted by Crippen LogP contribution is -2.51. The Balaban J connectivity index is 1.63. The van der Waals surface area contributed by atoms with Gasteiger partial charge in [0.15, 0.2) is 5.52 Å². The number of nitrogens with zero attached hydrogens (tertiary/aromatic N) is 5. The Labute approximate surface area is 221 Å². The van der Waals surface area contributed by atoms with Gasteiger partial charge in [-0.1, -0.05) is 13.3 Å². The van der Waals surface area contributed by atoms with E-state index in [-0.39, 0.29) is 17.6 Å². The van der Waals surface area contributed by atoms with Crippen LogP contribution in [0.4, 0.5) is 4.79 Å². The average Bonchev–Trinajstić information content (AvgIpc) is 3.18. The fourth-order valence-corrected chi connectivity index (χ4v) is 4.51. The van der Waals surface area contributed by atoms with Crippen LogP contribution in [0.3, 0.4) is 0 Å². The van der Waals surface area contributed by atoms with E-state index in [0.717, 1.165) is 12.1 Å². The second-order valence-corrected chi connectivity index (χ2v) is 10.3. The summed E-state index contributed by atoms with van der Waals surface area (Å²) < 4.78 is 12.8. The van der Waals surface area contributed by atoms with Crippen LogP contribution >= 0.6 is 0 Å². The van der Waals surface area contributed by atoms with Crippen molar-refractivity contribution in [1.29, 1.82) is 0 Å². The third-order valence-corrected chi connectivity index (χ3v) is 6.25. The second kappa shape index (κ2) is 10.8. The first-order chi connectivity index (χ1) is 18.0. The van der Waals surface area contributed by atoms with Gasteiger partial charge in [0.1, 0.15) is 22.7 Å². The van der Waals surface area contributed by atoms with Gasteiger partial charge in [0.25, 0.3) is 11.5 Å². The number of rotatable bonds is 6. The lowest BCUT2D eigenvalue weighted by atomic mass is 10.1. The molecule has 1 aliphatic rings. The number of benzene rings is 1. The molecule has 1 fully saturated rings. The number of amides is 2. The second-order valence-electron chi connectivity index (χ2n) is 10.3. The van der Waals surface area contributed by atoms with Gasteiger partial charge in [0.2, 0.25) is 0 Å². The first-order valence-corrected chi connectivity index (χ1v) is 13.0. The number of H-pyrrole nitrogens is 1. The van der Waals surface area contributed by atoms with E-state index in [1.54, 1.807) is 39.7 Å². The molecule has 0 spiro atoms. The molecule has 2 amide bonds. The van der Waals surface area contributed by atoms with Crippen molar-refractivity contribution in [3.05, 3.63) is 39.8 Å². The molecule has 0 saturated carbocycles. The van der Waals surface area contributed by atoms with Crippen molar-refractivity contribution in [2.24, 2.45) is 7.05 Å². The summed E-state index contributed by atoms with van der Waals surface area (Å²) in [7, 11) is 1.73. The van der Waals surface area contributed by atoms with Gasteiger partial charge in [-0.25, -0.2) is 9.78 Å². The summed E-state index contributed by atoms with van der Waals surface area (Å²) >= 11 is 0. The predicted molar refractivity (Wildman–Crippen MR) is 143 cm³/mol. The number of aromatic amines is 1. The Morgan fingerprint density at radius 1 is 1.08 bits per heavy atom. The molecule has 11 heteroatoms. The van der Waals surface area contributed by atoms with Gasteiger partial charge in [0, 0.05) is 38.8 Å². The summed E-state index contributed by atoms with van der Waals surface area (Å²) in [5.74, 6) is 0.664. The molecule has 0 aliphatic carbocycles. The first kappa shape index (κ1) is 27.2. The van der Waals surface area contributed by atoms with Crippen LogP contribution in [-0.2, 0) is 18.2 Å². The van der Waals surface area contributed by atoms with Crippen LogP contribution < -0.4 is 10.3 Å². The van der Waals surface area contributed by atoms with Gasteiger partial charge < -0.3 is 24.3 Å². The van der Waals surface area contributed by atoms with Gasteiger partial charge in [-0.3, -0.25) is 14.3 Å². The maximum absolute atomic E-state index is 13.4. The van der Waals surface area contributed by atoms with Gasteiger partial charge >= 0.3 is 6.09 Å². The largest absolute Gasteiger partial charge is 0.493 e. The summed E-state index contributed by atoms with van der Waals surface area (Å²) in [5, 5.41) is 4.48. The first-order valence-electron chi connectivity index (χ1n) is 13.0. The van der Waals surface area contributed by atoms with E-state index in [2.05, 4.69) is 10.1 Å². The van der Waals surface area contributed by atoms with Crippen LogP contribution in [0, 0.1) is 0 Å². The van der Waals surface area contributed by atoms with Gasteiger partial charge in [-0.05, 0) is 52.3 Å². The third-order valence-electron chi connectivity index (χ3n) is 6.25. The van der Waals surface area contributed by atoms with Crippen LogP contribution in [-0.4, -0.2) is 79.9 Å². The molecule has 0 unspecified atom stereocenters. The van der Waals surface area contributed by atoms with E-state index >= 15 is 0 Å². The minimum absolute atomic E-state index is 0.172. The molecule has 11 nitrogen and oxygen atoms in total. The monoisotopic (exact) mass is 524 g/mol. The number of carbonyl (C=O) groups is 2. The number of hydrogen-bond acceptors (Lipinski definition) is 7. The molecule has 1 aliphatic heterocycles. The van der Waals surface area contributed by atoms with E-state index in [1.165, 1.54) is 0 Å². The van der Waals surface area contributed by atoms with Gasteiger partial charge in [-0.2, -0.15) is 5.10 Å². The highest BCUT2D eigenvalue weighted by Gasteiger charge is 2.28. The molecule has 0 bridgehead atoms. The number of piperazine rings is 1. The number of carbonyl (C=O) groups excluding carboxylic acids is 2. The molecular weight excluding hydrogens is 488 g/mol. The molecule has 3 aromatic rings. The summed E-state index contributed by atoms with van der Waals surface area (Å²) in [6, 6.07) is 5.14. The molecule has 0 radical (unpaired) electrons. The number of fused-ring (bicyclic) bond motifs is 1. The SMILES string of the molecule is CCCc1nn(C)c2c(=O)[nH]c(-c3cc(C(=O)N4CCN(C(=O)OC(C)(C)C)CC4)ccc3OCC)nc12. The van der Waals surface area contributed by atoms with Crippen molar-refractivity contribution in [3.63, 3.8) is 0 Å². The summed E-state index contributed by atoms with van der Waals surface area (Å²) in [4.78, 5) is 49.8. The molecule has 3 heterocycles. The minimum atomic E-state index is -0.576.